The maximum atomic E-state index is 11.4. The molecule has 0 aromatic heterocycles. The number of methoxy groups -OCH3 is 1. The lowest BCUT2D eigenvalue weighted by molar-refractivity contribution is 0.0601. The monoisotopic (exact) mass is 248 g/mol. The molecule has 0 heterocycles. The highest BCUT2D eigenvalue weighted by molar-refractivity contribution is 5.90. The molecule has 98 valence electrons. The van der Waals surface area contributed by atoms with Crippen LogP contribution in [-0.4, -0.2) is 25.2 Å². The van der Waals surface area contributed by atoms with E-state index in [2.05, 4.69) is 5.32 Å². The molecule has 0 spiro atoms. The summed E-state index contributed by atoms with van der Waals surface area (Å²) in [6, 6.07) is 8.24. The lowest BCUT2D eigenvalue weighted by Gasteiger charge is -2.27. The fourth-order valence-corrected chi connectivity index (χ4v) is 2.35. The van der Waals surface area contributed by atoms with Gasteiger partial charge in [-0.05, 0) is 43.9 Å². The summed E-state index contributed by atoms with van der Waals surface area (Å²) in [5.41, 5.74) is 7.43. The van der Waals surface area contributed by atoms with E-state index in [0.717, 1.165) is 31.4 Å². The quantitative estimate of drug-likeness (QED) is 0.804. The number of hydrogen-bond donors (Lipinski definition) is 2. The van der Waals surface area contributed by atoms with Crippen molar-refractivity contribution >= 4 is 11.7 Å². The Morgan fingerprint density at radius 2 is 2.06 bits per heavy atom. The maximum Gasteiger partial charge on any atom is 0.337 e. The molecule has 1 aliphatic carbocycles. The third-order valence-corrected chi connectivity index (χ3v) is 3.43. The van der Waals surface area contributed by atoms with E-state index in [4.69, 9.17) is 10.5 Å². The molecule has 2 rings (SSSR count). The second-order valence-corrected chi connectivity index (χ2v) is 4.83. The molecule has 0 unspecified atom stereocenters. The van der Waals surface area contributed by atoms with Crippen LogP contribution in [0.25, 0.3) is 0 Å². The van der Waals surface area contributed by atoms with Crippen LogP contribution in [0.5, 0.6) is 0 Å². The first-order chi connectivity index (χ1) is 8.69. The van der Waals surface area contributed by atoms with Crippen molar-refractivity contribution in [2.75, 3.05) is 12.4 Å². The van der Waals surface area contributed by atoms with Crippen LogP contribution in [0.15, 0.2) is 24.3 Å². The van der Waals surface area contributed by atoms with E-state index >= 15 is 0 Å². The number of hydrogen-bond acceptors (Lipinski definition) is 4. The van der Waals surface area contributed by atoms with Gasteiger partial charge in [0.15, 0.2) is 0 Å². The molecular formula is C14H20N2O2. The summed E-state index contributed by atoms with van der Waals surface area (Å²) in [6.45, 7) is 0. The second-order valence-electron chi connectivity index (χ2n) is 4.83. The Morgan fingerprint density at radius 1 is 1.33 bits per heavy atom. The van der Waals surface area contributed by atoms with Crippen LogP contribution in [-0.2, 0) is 4.74 Å². The Kier molecular flexibility index (Phi) is 4.20. The van der Waals surface area contributed by atoms with Gasteiger partial charge in [0.2, 0.25) is 0 Å². The largest absolute Gasteiger partial charge is 0.465 e. The molecule has 4 heteroatoms. The molecule has 1 saturated carbocycles. The number of esters is 1. The van der Waals surface area contributed by atoms with E-state index in [1.54, 1.807) is 6.07 Å². The lowest BCUT2D eigenvalue weighted by Crippen LogP contribution is -2.32. The Balaban J connectivity index is 1.99. The number of ether oxygens (including phenoxy) is 1. The molecule has 1 aromatic carbocycles. The highest BCUT2D eigenvalue weighted by Gasteiger charge is 2.18. The van der Waals surface area contributed by atoms with E-state index < -0.39 is 0 Å². The van der Waals surface area contributed by atoms with Gasteiger partial charge in [-0.2, -0.15) is 0 Å². The van der Waals surface area contributed by atoms with Gasteiger partial charge in [-0.15, -0.1) is 0 Å². The summed E-state index contributed by atoms with van der Waals surface area (Å²) in [4.78, 5) is 11.4. The highest BCUT2D eigenvalue weighted by atomic mass is 16.5. The second kappa shape index (κ2) is 5.87. The predicted octanol–water partition coefficient (Wildman–Crippen LogP) is 2.16. The SMILES string of the molecule is COC(=O)c1cccc(NC2CCC(N)CC2)c1. The van der Waals surface area contributed by atoms with Crippen LogP contribution in [0.2, 0.25) is 0 Å². The Morgan fingerprint density at radius 3 is 2.72 bits per heavy atom. The molecule has 1 aliphatic rings. The molecule has 1 aromatic rings. The van der Waals surface area contributed by atoms with Crippen LogP contribution in [0, 0.1) is 0 Å². The molecule has 3 N–H and O–H groups in total. The summed E-state index contributed by atoms with van der Waals surface area (Å²) in [5.74, 6) is -0.302. The number of anilines is 1. The minimum absolute atomic E-state index is 0.302. The lowest BCUT2D eigenvalue weighted by atomic mass is 9.91. The zero-order chi connectivity index (χ0) is 13.0. The van der Waals surface area contributed by atoms with Crippen molar-refractivity contribution in [1.29, 1.82) is 0 Å². The molecule has 18 heavy (non-hydrogen) atoms. The van der Waals surface area contributed by atoms with Crippen molar-refractivity contribution in [3.8, 4) is 0 Å². The average Bonchev–Trinajstić information content (AvgIpc) is 2.41. The number of carbonyl (C=O) groups excluding carboxylic acids is 1. The molecule has 0 saturated heterocycles. The molecule has 4 nitrogen and oxygen atoms in total. The molecular weight excluding hydrogens is 228 g/mol. The molecule has 0 radical (unpaired) electrons. The first-order valence-corrected chi connectivity index (χ1v) is 6.39. The van der Waals surface area contributed by atoms with Crippen LogP contribution in [0.3, 0.4) is 0 Å². The number of carbonyl (C=O) groups is 1. The average molecular weight is 248 g/mol. The summed E-state index contributed by atoms with van der Waals surface area (Å²) < 4.78 is 4.71. The molecule has 0 aliphatic heterocycles. The van der Waals surface area contributed by atoms with Gasteiger partial charge in [0, 0.05) is 17.8 Å². The molecule has 0 atom stereocenters. The minimum atomic E-state index is -0.302. The first kappa shape index (κ1) is 12.9. The van der Waals surface area contributed by atoms with Crippen LogP contribution in [0.1, 0.15) is 36.0 Å². The number of benzene rings is 1. The standard InChI is InChI=1S/C14H20N2O2/c1-18-14(17)10-3-2-4-13(9-10)16-12-7-5-11(15)6-8-12/h2-4,9,11-12,16H,5-8,15H2,1H3. The Bertz CT molecular complexity index is 412. The van der Waals surface area contributed by atoms with Gasteiger partial charge in [0.1, 0.15) is 0 Å². The van der Waals surface area contributed by atoms with Gasteiger partial charge in [-0.1, -0.05) is 6.07 Å². The third kappa shape index (κ3) is 3.23. The van der Waals surface area contributed by atoms with Crippen LogP contribution in [0.4, 0.5) is 5.69 Å². The number of nitrogens with one attached hydrogen (secondary N) is 1. The Hall–Kier alpha value is -1.55. The number of rotatable bonds is 3. The van der Waals surface area contributed by atoms with Crippen LogP contribution < -0.4 is 11.1 Å². The molecule has 0 amide bonds. The highest BCUT2D eigenvalue weighted by Crippen LogP contribution is 2.21. The summed E-state index contributed by atoms with van der Waals surface area (Å²) in [5, 5.41) is 3.46. The first-order valence-electron chi connectivity index (χ1n) is 6.39. The smallest absolute Gasteiger partial charge is 0.337 e. The Labute approximate surface area is 108 Å². The van der Waals surface area contributed by atoms with E-state index in [-0.39, 0.29) is 5.97 Å². The van der Waals surface area contributed by atoms with E-state index in [1.165, 1.54) is 7.11 Å². The van der Waals surface area contributed by atoms with E-state index in [1.807, 2.05) is 18.2 Å². The van der Waals surface area contributed by atoms with E-state index in [9.17, 15) is 4.79 Å². The van der Waals surface area contributed by atoms with Crippen LogP contribution >= 0.6 is 0 Å². The van der Waals surface area contributed by atoms with E-state index in [0.29, 0.717) is 17.6 Å². The van der Waals surface area contributed by atoms with Crippen molar-refractivity contribution in [3.63, 3.8) is 0 Å². The predicted molar refractivity (Wildman–Crippen MR) is 71.6 cm³/mol. The maximum absolute atomic E-state index is 11.4. The fraction of sp³-hybridized carbons (Fsp3) is 0.500. The summed E-state index contributed by atoms with van der Waals surface area (Å²) in [7, 11) is 1.39. The van der Waals surface area contributed by atoms with Crippen molar-refractivity contribution in [2.24, 2.45) is 5.73 Å². The van der Waals surface area contributed by atoms with Crippen molar-refractivity contribution in [2.45, 2.75) is 37.8 Å². The van der Waals surface area contributed by atoms with Gasteiger partial charge in [-0.3, -0.25) is 0 Å². The van der Waals surface area contributed by atoms with Crippen molar-refractivity contribution < 1.29 is 9.53 Å². The third-order valence-electron chi connectivity index (χ3n) is 3.43. The zero-order valence-electron chi connectivity index (χ0n) is 10.7. The summed E-state index contributed by atoms with van der Waals surface area (Å²) in [6.07, 6.45) is 4.30. The number of nitrogens with two attached hydrogens (primary N) is 1. The summed E-state index contributed by atoms with van der Waals surface area (Å²) >= 11 is 0. The molecule has 1 fully saturated rings. The van der Waals surface area contributed by atoms with Gasteiger partial charge in [-0.25, -0.2) is 4.79 Å². The van der Waals surface area contributed by atoms with Gasteiger partial charge in [0.25, 0.3) is 0 Å². The van der Waals surface area contributed by atoms with Gasteiger partial charge >= 0.3 is 5.97 Å². The van der Waals surface area contributed by atoms with Gasteiger partial charge in [0.05, 0.1) is 12.7 Å². The topological polar surface area (TPSA) is 64.3 Å². The fourth-order valence-electron chi connectivity index (χ4n) is 2.35. The zero-order valence-corrected chi connectivity index (χ0v) is 10.7. The van der Waals surface area contributed by atoms with Crippen molar-refractivity contribution in [1.82, 2.24) is 0 Å². The minimum Gasteiger partial charge on any atom is -0.465 e. The van der Waals surface area contributed by atoms with Gasteiger partial charge < -0.3 is 15.8 Å². The normalized spacial score (nSPS) is 23.4. The molecule has 0 bridgehead atoms. The van der Waals surface area contributed by atoms with Crippen molar-refractivity contribution in [3.05, 3.63) is 29.8 Å².